The summed E-state index contributed by atoms with van der Waals surface area (Å²) in [5.74, 6) is -0.280. The first kappa shape index (κ1) is 23.5. The van der Waals surface area contributed by atoms with Crippen molar-refractivity contribution in [2.24, 2.45) is 5.41 Å². The summed E-state index contributed by atoms with van der Waals surface area (Å²) in [6.45, 7) is 5.33. The number of fused-ring (bicyclic) bond motifs is 1. The van der Waals surface area contributed by atoms with Crippen LogP contribution in [0.4, 0.5) is 5.82 Å². The molecular weight excluding hydrogens is 428 g/mol. The molecule has 0 fully saturated rings. The summed E-state index contributed by atoms with van der Waals surface area (Å²) >= 11 is 0. The number of ether oxygens (including phenoxy) is 2. The molecule has 0 amide bonds. The molecule has 0 atom stereocenters. The molecule has 1 heterocycles. The predicted molar refractivity (Wildman–Crippen MR) is 130 cm³/mol. The molecule has 6 nitrogen and oxygen atoms in total. The molecule has 0 aliphatic heterocycles. The lowest BCUT2D eigenvalue weighted by molar-refractivity contribution is -0.168. The van der Waals surface area contributed by atoms with E-state index >= 15 is 0 Å². The second-order valence-electron chi connectivity index (χ2n) is 8.85. The molecule has 2 aromatic carbocycles. The van der Waals surface area contributed by atoms with Gasteiger partial charge < -0.3 is 14.4 Å². The van der Waals surface area contributed by atoms with Crippen LogP contribution in [-0.4, -0.2) is 31.1 Å². The van der Waals surface area contributed by atoms with Crippen LogP contribution in [0.1, 0.15) is 33.5 Å². The van der Waals surface area contributed by atoms with Crippen molar-refractivity contribution in [2.45, 2.75) is 39.8 Å². The van der Waals surface area contributed by atoms with E-state index in [1.54, 1.807) is 0 Å². The Bertz CT molecular complexity index is 1130. The summed E-state index contributed by atoms with van der Waals surface area (Å²) in [6.07, 6.45) is 0.480. The van der Waals surface area contributed by atoms with Crippen molar-refractivity contribution >= 4 is 17.8 Å². The van der Waals surface area contributed by atoms with Crippen molar-refractivity contribution in [1.29, 1.82) is 0 Å². The van der Waals surface area contributed by atoms with Crippen LogP contribution in [0.15, 0.2) is 60.7 Å². The zero-order valence-corrected chi connectivity index (χ0v) is 20.1. The van der Waals surface area contributed by atoms with Crippen LogP contribution in [-0.2, 0) is 45.0 Å². The topological polar surface area (TPSA) is 68.7 Å². The van der Waals surface area contributed by atoms with Gasteiger partial charge in [0.1, 0.15) is 5.82 Å². The monoisotopic (exact) mass is 458 g/mol. The average Bonchev–Trinajstić information content (AvgIpc) is 3.29. The third-order valence-corrected chi connectivity index (χ3v) is 6.70. The van der Waals surface area contributed by atoms with Gasteiger partial charge in [-0.2, -0.15) is 0 Å². The van der Waals surface area contributed by atoms with Gasteiger partial charge >= 0.3 is 11.9 Å². The van der Waals surface area contributed by atoms with Gasteiger partial charge in [0.25, 0.3) is 0 Å². The lowest BCUT2D eigenvalue weighted by Crippen LogP contribution is -2.42. The fraction of sp³-hybridized carbons (Fsp3) is 0.321. The average molecular weight is 459 g/mol. The lowest BCUT2D eigenvalue weighted by Gasteiger charge is -2.27. The summed E-state index contributed by atoms with van der Waals surface area (Å²) in [4.78, 5) is 32.8. The minimum atomic E-state index is -1.37. The smallest absolute Gasteiger partial charge is 0.323 e. The molecule has 1 aromatic heterocycles. The van der Waals surface area contributed by atoms with Crippen molar-refractivity contribution in [2.75, 3.05) is 19.1 Å². The summed E-state index contributed by atoms with van der Waals surface area (Å²) in [7, 11) is 2.61. The predicted octanol–water partition coefficient (Wildman–Crippen LogP) is 4.34. The van der Waals surface area contributed by atoms with Gasteiger partial charge in [-0.1, -0.05) is 60.7 Å². The van der Waals surface area contributed by atoms with Crippen LogP contribution >= 0.6 is 0 Å². The van der Waals surface area contributed by atoms with E-state index < -0.39 is 17.4 Å². The normalized spacial score (nSPS) is 13.8. The molecular formula is C28H30N2O4. The van der Waals surface area contributed by atoms with Crippen molar-refractivity contribution in [1.82, 2.24) is 4.98 Å². The number of rotatable bonds is 7. The molecule has 1 aliphatic rings. The summed E-state index contributed by atoms with van der Waals surface area (Å²) in [5.41, 5.74) is 4.68. The van der Waals surface area contributed by atoms with Crippen molar-refractivity contribution in [3.63, 3.8) is 0 Å². The molecule has 6 heteroatoms. The quantitative estimate of drug-likeness (QED) is 0.388. The van der Waals surface area contributed by atoms with Crippen LogP contribution in [0.5, 0.6) is 0 Å². The Morgan fingerprint density at radius 1 is 0.824 bits per heavy atom. The second-order valence-corrected chi connectivity index (χ2v) is 8.85. The second kappa shape index (κ2) is 9.67. The third kappa shape index (κ3) is 4.28. The number of aryl methyl sites for hydroxylation is 1. The molecule has 176 valence electrons. The Kier molecular flexibility index (Phi) is 6.68. The Balaban J connectivity index is 1.78. The fourth-order valence-electron chi connectivity index (χ4n) is 4.91. The van der Waals surface area contributed by atoms with Crippen molar-refractivity contribution in [3.05, 3.63) is 94.2 Å². The number of esters is 2. The number of carbonyl (C=O) groups is 2. The van der Waals surface area contributed by atoms with Gasteiger partial charge in [0.15, 0.2) is 5.41 Å². The van der Waals surface area contributed by atoms with E-state index in [1.165, 1.54) is 25.3 Å². The maximum atomic E-state index is 12.8. The van der Waals surface area contributed by atoms with E-state index in [2.05, 4.69) is 29.2 Å². The molecule has 0 bridgehead atoms. The van der Waals surface area contributed by atoms with Gasteiger partial charge in [0.2, 0.25) is 0 Å². The van der Waals surface area contributed by atoms with Crippen LogP contribution in [0.3, 0.4) is 0 Å². The number of benzene rings is 2. The molecule has 1 aliphatic carbocycles. The first-order chi connectivity index (χ1) is 16.4. The fourth-order valence-corrected chi connectivity index (χ4v) is 4.91. The highest BCUT2D eigenvalue weighted by Crippen LogP contribution is 2.43. The number of pyridine rings is 1. The van der Waals surface area contributed by atoms with E-state index in [9.17, 15) is 9.59 Å². The summed E-state index contributed by atoms with van der Waals surface area (Å²) < 4.78 is 10.1. The van der Waals surface area contributed by atoms with Gasteiger partial charge in [0, 0.05) is 31.6 Å². The van der Waals surface area contributed by atoms with Gasteiger partial charge in [-0.3, -0.25) is 9.59 Å². The number of hydrogen-bond acceptors (Lipinski definition) is 6. The van der Waals surface area contributed by atoms with Gasteiger partial charge in [-0.25, -0.2) is 4.98 Å². The number of carbonyl (C=O) groups excluding carboxylic acids is 2. The molecule has 0 N–H and O–H groups in total. The number of hydrogen-bond donors (Lipinski definition) is 0. The minimum absolute atomic E-state index is 0.235. The van der Waals surface area contributed by atoms with E-state index in [4.69, 9.17) is 14.5 Å². The Morgan fingerprint density at radius 3 is 1.76 bits per heavy atom. The maximum Gasteiger partial charge on any atom is 0.323 e. The van der Waals surface area contributed by atoms with Gasteiger partial charge in [-0.05, 0) is 41.7 Å². The van der Waals surface area contributed by atoms with Crippen LogP contribution in [0, 0.1) is 19.3 Å². The standard InChI is InChI=1S/C28H30N2O4/c1-19-23-15-28(26(31)33-3,27(32)34-4)16-24(23)20(2)29-25(19)30(17-21-11-7-5-8-12-21)18-22-13-9-6-10-14-22/h5-14H,15-18H2,1-4H3. The van der Waals surface area contributed by atoms with Crippen molar-refractivity contribution in [3.8, 4) is 0 Å². The molecule has 4 rings (SSSR count). The highest BCUT2D eigenvalue weighted by molar-refractivity contribution is 6.01. The van der Waals surface area contributed by atoms with Crippen LogP contribution in [0.25, 0.3) is 0 Å². The van der Waals surface area contributed by atoms with E-state index in [0.717, 1.165) is 28.2 Å². The van der Waals surface area contributed by atoms with E-state index in [-0.39, 0.29) is 12.8 Å². The van der Waals surface area contributed by atoms with E-state index in [0.29, 0.717) is 13.1 Å². The minimum Gasteiger partial charge on any atom is -0.468 e. The Labute approximate surface area is 200 Å². The summed E-state index contributed by atoms with van der Waals surface area (Å²) in [6, 6.07) is 20.6. The Hall–Kier alpha value is -3.67. The summed E-state index contributed by atoms with van der Waals surface area (Å²) in [5, 5.41) is 0. The molecule has 0 saturated heterocycles. The third-order valence-electron chi connectivity index (χ3n) is 6.70. The maximum absolute atomic E-state index is 12.8. The molecule has 0 unspecified atom stereocenters. The van der Waals surface area contributed by atoms with Gasteiger partial charge in [0.05, 0.1) is 14.2 Å². The highest BCUT2D eigenvalue weighted by Gasteiger charge is 2.53. The first-order valence-electron chi connectivity index (χ1n) is 11.4. The van der Waals surface area contributed by atoms with Crippen molar-refractivity contribution < 1.29 is 19.1 Å². The number of methoxy groups -OCH3 is 2. The molecule has 3 aromatic rings. The number of anilines is 1. The zero-order valence-electron chi connectivity index (χ0n) is 20.1. The molecule has 34 heavy (non-hydrogen) atoms. The molecule has 0 radical (unpaired) electrons. The zero-order chi connectivity index (χ0) is 24.3. The first-order valence-corrected chi connectivity index (χ1v) is 11.4. The van der Waals surface area contributed by atoms with Gasteiger partial charge in [-0.15, -0.1) is 0 Å². The van der Waals surface area contributed by atoms with Crippen LogP contribution in [0.2, 0.25) is 0 Å². The lowest BCUT2D eigenvalue weighted by atomic mass is 9.84. The number of aromatic nitrogens is 1. The molecule has 0 saturated carbocycles. The SMILES string of the molecule is COC(=O)C1(C(=O)OC)Cc2c(C)nc(N(Cc3ccccc3)Cc3ccccc3)c(C)c2C1. The van der Waals surface area contributed by atoms with Crippen LogP contribution < -0.4 is 4.90 Å². The largest absolute Gasteiger partial charge is 0.468 e. The van der Waals surface area contributed by atoms with E-state index in [1.807, 2.05) is 50.2 Å². The molecule has 0 spiro atoms. The highest BCUT2D eigenvalue weighted by atomic mass is 16.5. The Morgan fingerprint density at radius 2 is 1.29 bits per heavy atom. The number of nitrogens with zero attached hydrogens (tertiary/aromatic N) is 2.